The molecule has 0 aromatic heterocycles. The maximum absolute atomic E-state index is 12.0. The molecule has 4 nitrogen and oxygen atoms in total. The molecular weight excluding hydrogens is 356 g/mol. The minimum Gasteiger partial charge on any atom is -0.492 e. The van der Waals surface area contributed by atoms with E-state index in [1.807, 2.05) is 29.2 Å². The van der Waals surface area contributed by atoms with Crippen molar-refractivity contribution in [2.24, 2.45) is 5.73 Å². The third-order valence-electron chi connectivity index (χ3n) is 3.44. The average molecular weight is 378 g/mol. The van der Waals surface area contributed by atoms with Crippen LogP contribution in [0.15, 0.2) is 28.7 Å². The fourth-order valence-corrected chi connectivity index (χ4v) is 2.76. The summed E-state index contributed by atoms with van der Waals surface area (Å²) >= 11 is 3.43. The van der Waals surface area contributed by atoms with Crippen LogP contribution in [-0.4, -0.2) is 36.5 Å². The van der Waals surface area contributed by atoms with Gasteiger partial charge in [-0.05, 0) is 47.3 Å². The van der Waals surface area contributed by atoms with Gasteiger partial charge in [0, 0.05) is 25.6 Å². The number of carbonyl (C=O) groups excluding carboxylic acids is 1. The molecule has 6 heteroatoms. The Kier molecular flexibility index (Phi) is 8.07. The number of amides is 1. The van der Waals surface area contributed by atoms with Crippen LogP contribution in [0.4, 0.5) is 0 Å². The van der Waals surface area contributed by atoms with Gasteiger partial charge >= 0.3 is 0 Å². The highest BCUT2D eigenvalue weighted by atomic mass is 79.9. The summed E-state index contributed by atoms with van der Waals surface area (Å²) in [4.78, 5) is 13.9. The van der Waals surface area contributed by atoms with E-state index in [1.54, 1.807) is 0 Å². The molecule has 1 fully saturated rings. The monoisotopic (exact) mass is 376 g/mol. The molecular formula is C15H22BrClN2O2. The molecule has 0 aliphatic carbocycles. The maximum Gasteiger partial charge on any atom is 0.222 e. The van der Waals surface area contributed by atoms with E-state index in [1.165, 1.54) is 0 Å². The molecule has 1 atom stereocenters. The normalized spacial score (nSPS) is 18.0. The Labute approximate surface area is 140 Å². The first kappa shape index (κ1) is 18.3. The van der Waals surface area contributed by atoms with E-state index in [0.29, 0.717) is 19.6 Å². The summed E-state index contributed by atoms with van der Waals surface area (Å²) in [5.74, 6) is 1.01. The number of ether oxygens (including phenoxy) is 1. The van der Waals surface area contributed by atoms with Gasteiger partial charge in [0.05, 0.1) is 11.1 Å². The number of para-hydroxylation sites is 1. The summed E-state index contributed by atoms with van der Waals surface area (Å²) in [7, 11) is 0. The lowest BCUT2D eigenvalue weighted by Gasteiger charge is -2.30. The topological polar surface area (TPSA) is 55.6 Å². The Morgan fingerprint density at radius 1 is 1.43 bits per heavy atom. The van der Waals surface area contributed by atoms with E-state index >= 15 is 0 Å². The molecule has 2 N–H and O–H groups in total. The van der Waals surface area contributed by atoms with Crippen molar-refractivity contribution < 1.29 is 9.53 Å². The molecule has 1 amide bonds. The van der Waals surface area contributed by atoms with Crippen molar-refractivity contribution in [1.82, 2.24) is 4.90 Å². The molecule has 0 bridgehead atoms. The third-order valence-corrected chi connectivity index (χ3v) is 4.09. The Balaban J connectivity index is 0.00000220. The van der Waals surface area contributed by atoms with Crippen LogP contribution in [0, 0.1) is 0 Å². The minimum absolute atomic E-state index is 0. The van der Waals surface area contributed by atoms with Gasteiger partial charge in [0.1, 0.15) is 5.75 Å². The highest BCUT2D eigenvalue weighted by molar-refractivity contribution is 9.10. The van der Waals surface area contributed by atoms with Crippen LogP contribution in [0.1, 0.15) is 25.7 Å². The number of halogens is 2. The first-order valence-electron chi connectivity index (χ1n) is 7.07. The van der Waals surface area contributed by atoms with Gasteiger partial charge in [-0.1, -0.05) is 12.1 Å². The maximum atomic E-state index is 12.0. The zero-order valence-corrected chi connectivity index (χ0v) is 14.4. The lowest BCUT2D eigenvalue weighted by molar-refractivity contribution is -0.132. The summed E-state index contributed by atoms with van der Waals surface area (Å²) < 4.78 is 6.59. The van der Waals surface area contributed by atoms with Gasteiger partial charge in [-0.15, -0.1) is 12.4 Å². The predicted octanol–water partition coefficient (Wildman–Crippen LogP) is 2.98. The molecule has 1 unspecified atom stereocenters. The van der Waals surface area contributed by atoms with Crippen molar-refractivity contribution >= 4 is 34.2 Å². The van der Waals surface area contributed by atoms with Gasteiger partial charge < -0.3 is 15.4 Å². The SMILES string of the molecule is Cl.NC1CCCN(C(=O)CCCOc2ccccc2Br)C1. The van der Waals surface area contributed by atoms with Crippen LogP contribution in [0.3, 0.4) is 0 Å². The Morgan fingerprint density at radius 2 is 2.19 bits per heavy atom. The molecule has 1 aromatic rings. The highest BCUT2D eigenvalue weighted by Crippen LogP contribution is 2.23. The average Bonchev–Trinajstić information content (AvgIpc) is 2.45. The molecule has 1 aliphatic heterocycles. The number of nitrogens with zero attached hydrogens (tertiary/aromatic N) is 1. The lowest BCUT2D eigenvalue weighted by atomic mass is 10.1. The van der Waals surface area contributed by atoms with Crippen molar-refractivity contribution in [3.8, 4) is 5.75 Å². The molecule has 1 aromatic carbocycles. The zero-order valence-electron chi connectivity index (χ0n) is 12.0. The fourth-order valence-electron chi connectivity index (χ4n) is 2.36. The Hall–Kier alpha value is -0.780. The number of likely N-dealkylation sites (tertiary alicyclic amines) is 1. The van der Waals surface area contributed by atoms with Crippen LogP contribution < -0.4 is 10.5 Å². The van der Waals surface area contributed by atoms with Gasteiger partial charge in [0.15, 0.2) is 0 Å². The molecule has 1 heterocycles. The van der Waals surface area contributed by atoms with Gasteiger partial charge in [0.25, 0.3) is 0 Å². The summed E-state index contributed by atoms with van der Waals surface area (Å²) in [6.45, 7) is 2.09. The molecule has 1 aliphatic rings. The van der Waals surface area contributed by atoms with Gasteiger partial charge in [-0.2, -0.15) is 0 Å². The molecule has 118 valence electrons. The largest absolute Gasteiger partial charge is 0.492 e. The van der Waals surface area contributed by atoms with Crippen LogP contribution in [0.25, 0.3) is 0 Å². The number of benzene rings is 1. The second kappa shape index (κ2) is 9.28. The summed E-state index contributed by atoms with van der Waals surface area (Å²) in [5.41, 5.74) is 5.89. The molecule has 0 saturated carbocycles. The first-order valence-corrected chi connectivity index (χ1v) is 7.87. The number of piperidine rings is 1. The smallest absolute Gasteiger partial charge is 0.222 e. The van der Waals surface area contributed by atoms with E-state index in [2.05, 4.69) is 15.9 Å². The second-order valence-corrected chi connectivity index (χ2v) is 5.98. The molecule has 0 spiro atoms. The van der Waals surface area contributed by atoms with E-state index in [0.717, 1.165) is 36.0 Å². The lowest BCUT2D eigenvalue weighted by Crippen LogP contribution is -2.45. The van der Waals surface area contributed by atoms with Crippen molar-refractivity contribution in [2.75, 3.05) is 19.7 Å². The quantitative estimate of drug-likeness (QED) is 0.803. The summed E-state index contributed by atoms with van der Waals surface area (Å²) in [6.07, 6.45) is 3.29. The van der Waals surface area contributed by atoms with Gasteiger partial charge in [-0.3, -0.25) is 4.79 Å². The van der Waals surface area contributed by atoms with Crippen LogP contribution in [0.2, 0.25) is 0 Å². The van der Waals surface area contributed by atoms with Crippen molar-refractivity contribution in [2.45, 2.75) is 31.7 Å². The van der Waals surface area contributed by atoms with Crippen molar-refractivity contribution in [1.29, 1.82) is 0 Å². The molecule has 1 saturated heterocycles. The summed E-state index contributed by atoms with van der Waals surface area (Å²) in [5, 5.41) is 0. The summed E-state index contributed by atoms with van der Waals surface area (Å²) in [6, 6.07) is 7.87. The van der Waals surface area contributed by atoms with Gasteiger partial charge in [0.2, 0.25) is 5.91 Å². The van der Waals surface area contributed by atoms with E-state index in [-0.39, 0.29) is 24.4 Å². The number of carbonyl (C=O) groups is 1. The minimum atomic E-state index is 0. The number of rotatable bonds is 5. The predicted molar refractivity (Wildman–Crippen MR) is 89.9 cm³/mol. The number of hydrogen-bond acceptors (Lipinski definition) is 3. The van der Waals surface area contributed by atoms with Crippen LogP contribution in [0.5, 0.6) is 5.75 Å². The highest BCUT2D eigenvalue weighted by Gasteiger charge is 2.20. The fraction of sp³-hybridized carbons (Fsp3) is 0.533. The van der Waals surface area contributed by atoms with Crippen LogP contribution >= 0.6 is 28.3 Å². The van der Waals surface area contributed by atoms with Crippen molar-refractivity contribution in [3.63, 3.8) is 0 Å². The number of nitrogens with two attached hydrogens (primary N) is 1. The Morgan fingerprint density at radius 3 is 2.90 bits per heavy atom. The second-order valence-electron chi connectivity index (χ2n) is 5.12. The first-order chi connectivity index (χ1) is 9.66. The van der Waals surface area contributed by atoms with E-state index in [4.69, 9.17) is 10.5 Å². The van der Waals surface area contributed by atoms with E-state index < -0.39 is 0 Å². The molecule has 21 heavy (non-hydrogen) atoms. The van der Waals surface area contributed by atoms with Crippen molar-refractivity contribution in [3.05, 3.63) is 28.7 Å². The van der Waals surface area contributed by atoms with Crippen LogP contribution in [-0.2, 0) is 4.79 Å². The zero-order chi connectivity index (χ0) is 14.4. The molecule has 0 radical (unpaired) electrons. The third kappa shape index (κ3) is 5.85. The molecule has 2 rings (SSSR count). The van der Waals surface area contributed by atoms with Gasteiger partial charge in [-0.25, -0.2) is 0 Å². The standard InChI is InChI=1S/C15H21BrN2O2.ClH/c16-13-6-1-2-7-14(13)20-10-4-8-15(19)18-9-3-5-12(17)11-18;/h1-2,6-7,12H,3-5,8-11,17H2;1H. The number of hydrogen-bond donors (Lipinski definition) is 1. The van der Waals surface area contributed by atoms with E-state index in [9.17, 15) is 4.79 Å². The Bertz CT molecular complexity index is 459.